The van der Waals surface area contributed by atoms with Gasteiger partial charge in [0.15, 0.2) is 12.6 Å². The number of ether oxygens (including phenoxy) is 1. The van der Waals surface area contributed by atoms with Gasteiger partial charge in [-0.15, -0.1) is 0 Å². The van der Waals surface area contributed by atoms with E-state index in [1.54, 1.807) is 10.9 Å². The molecule has 2 aromatic heterocycles. The zero-order chi connectivity index (χ0) is 18.4. The Balaban J connectivity index is 2.02. The van der Waals surface area contributed by atoms with E-state index in [1.165, 1.54) is 4.57 Å². The Morgan fingerprint density at radius 3 is 3.00 bits per heavy atom. The number of fused-ring (bicyclic) bond motifs is 1. The predicted octanol–water partition coefficient (Wildman–Crippen LogP) is -2.26. The highest BCUT2D eigenvalue weighted by atomic mass is 31.2. The Kier molecular flexibility index (Phi) is 4.66. The van der Waals surface area contributed by atoms with Crippen LogP contribution in [-0.2, 0) is 20.4 Å². The van der Waals surface area contributed by atoms with Crippen LogP contribution in [-0.4, -0.2) is 43.3 Å². The average Bonchev–Trinajstić information content (AvgIpc) is 3.06. The first-order chi connectivity index (χ1) is 11.7. The van der Waals surface area contributed by atoms with Crippen LogP contribution in [0.3, 0.4) is 0 Å². The number of nitrogens with one attached hydrogen (secondary N) is 1. The van der Waals surface area contributed by atoms with Gasteiger partial charge >= 0.3 is 5.65 Å². The third kappa shape index (κ3) is 3.45. The quantitative estimate of drug-likeness (QED) is 0.331. The molecule has 25 heavy (non-hydrogen) atoms. The van der Waals surface area contributed by atoms with Gasteiger partial charge in [0.05, 0.1) is 13.2 Å². The molecule has 12 nitrogen and oxygen atoms in total. The molecule has 0 bridgehead atoms. The monoisotopic (exact) mass is 375 g/mol. The minimum atomic E-state index is -4.99. The standard InChI is InChI=1S/C12H18N5O7P/c1-2-16-5-17(10-9(16)11(19)15-12(13)14-10)8-3-6(7(4-18)23-8)24-25(20,21)22/h5-8,18H,2-4H2,1H3,(H4-,13,14,15,19,20,21,22). The lowest BCUT2D eigenvalue weighted by atomic mass is 10.2. The smallest absolute Gasteiger partial charge is 0.313 e. The number of anilines is 1. The third-order valence-electron chi connectivity index (χ3n) is 3.97. The summed E-state index contributed by atoms with van der Waals surface area (Å²) in [5.41, 5.74) is 5.71. The first-order valence-corrected chi connectivity index (χ1v) is 9.01. The van der Waals surface area contributed by atoms with Crippen molar-refractivity contribution in [2.45, 2.75) is 38.3 Å². The fraction of sp³-hybridized carbons (Fsp3) is 0.583. The van der Waals surface area contributed by atoms with Crippen LogP contribution in [0.1, 0.15) is 19.6 Å². The highest BCUT2D eigenvalue weighted by Gasteiger charge is 2.41. The molecule has 3 rings (SSSR count). The van der Waals surface area contributed by atoms with Crippen LogP contribution < -0.4 is 20.8 Å². The maximum atomic E-state index is 12.2. The average molecular weight is 375 g/mol. The number of aryl methyl sites for hydroxylation is 1. The maximum absolute atomic E-state index is 12.2. The zero-order valence-corrected chi connectivity index (χ0v) is 14.1. The summed E-state index contributed by atoms with van der Waals surface area (Å²) >= 11 is 0. The van der Waals surface area contributed by atoms with E-state index in [1.807, 2.05) is 6.92 Å². The van der Waals surface area contributed by atoms with Gasteiger partial charge in [0, 0.05) is 6.42 Å². The van der Waals surface area contributed by atoms with E-state index in [9.17, 15) is 19.4 Å². The summed E-state index contributed by atoms with van der Waals surface area (Å²) in [6.45, 7) is 1.79. The molecule has 2 aromatic rings. The number of nitrogens with zero attached hydrogens (tertiary/aromatic N) is 3. The summed E-state index contributed by atoms with van der Waals surface area (Å²) in [7, 11) is -4.99. The Morgan fingerprint density at radius 1 is 1.68 bits per heavy atom. The second-order valence-corrected chi connectivity index (χ2v) is 6.74. The third-order valence-corrected chi connectivity index (χ3v) is 4.51. The Hall–Kier alpha value is -1.82. The number of hydrogen-bond acceptors (Lipinski definition) is 8. The van der Waals surface area contributed by atoms with Crippen molar-refractivity contribution < 1.29 is 33.3 Å². The lowest BCUT2D eigenvalue weighted by Gasteiger charge is -2.22. The lowest BCUT2D eigenvalue weighted by molar-refractivity contribution is -0.739. The van der Waals surface area contributed by atoms with Crippen molar-refractivity contribution in [1.29, 1.82) is 0 Å². The van der Waals surface area contributed by atoms with Crippen LogP contribution in [0.15, 0.2) is 11.1 Å². The molecule has 1 saturated heterocycles. The molecule has 4 atom stereocenters. The molecule has 5 N–H and O–H groups in total. The molecule has 0 saturated carbocycles. The molecule has 0 spiro atoms. The van der Waals surface area contributed by atoms with Crippen molar-refractivity contribution >= 4 is 24.9 Å². The normalized spacial score (nSPS) is 26.2. The van der Waals surface area contributed by atoms with Gasteiger partial charge in [0.25, 0.3) is 19.3 Å². The van der Waals surface area contributed by atoms with E-state index in [-0.39, 0.29) is 23.5 Å². The molecule has 3 heterocycles. The molecular weight excluding hydrogens is 357 g/mol. The van der Waals surface area contributed by atoms with E-state index < -0.39 is 38.4 Å². The molecule has 0 amide bonds. The SMILES string of the molecule is CCn1c[n+](C2CC(OP(=O)([O-])O)C(CO)O2)c2nc(N)[nH]c(=O)c21. The molecule has 0 radical (unpaired) electrons. The van der Waals surface area contributed by atoms with E-state index in [4.69, 9.17) is 15.4 Å². The van der Waals surface area contributed by atoms with Crippen LogP contribution in [0.5, 0.6) is 0 Å². The Bertz CT molecular complexity index is 890. The van der Waals surface area contributed by atoms with E-state index in [0.29, 0.717) is 6.54 Å². The summed E-state index contributed by atoms with van der Waals surface area (Å²) in [6, 6.07) is 0. The fourth-order valence-electron chi connectivity index (χ4n) is 2.94. The highest BCUT2D eigenvalue weighted by Crippen LogP contribution is 2.39. The maximum Gasteiger partial charge on any atom is 0.313 e. The molecule has 13 heteroatoms. The molecule has 0 aliphatic carbocycles. The summed E-state index contributed by atoms with van der Waals surface area (Å²) in [5.74, 6) is -0.0796. The van der Waals surface area contributed by atoms with Crippen LogP contribution in [0.2, 0.25) is 0 Å². The summed E-state index contributed by atoms with van der Waals surface area (Å²) in [6.07, 6.45) is -1.21. The van der Waals surface area contributed by atoms with Crippen molar-refractivity contribution in [1.82, 2.24) is 14.5 Å². The van der Waals surface area contributed by atoms with Gasteiger partial charge in [0.2, 0.25) is 5.52 Å². The topological polar surface area (TPSA) is 180 Å². The van der Waals surface area contributed by atoms with Crippen molar-refractivity contribution in [2.75, 3.05) is 12.3 Å². The van der Waals surface area contributed by atoms with E-state index >= 15 is 0 Å². The number of aromatic nitrogens is 4. The van der Waals surface area contributed by atoms with Crippen molar-refractivity contribution in [2.24, 2.45) is 0 Å². The zero-order valence-electron chi connectivity index (χ0n) is 13.2. The molecule has 1 fully saturated rings. The van der Waals surface area contributed by atoms with Crippen molar-refractivity contribution in [3.8, 4) is 0 Å². The van der Waals surface area contributed by atoms with Crippen LogP contribution in [0.4, 0.5) is 5.95 Å². The number of aliphatic hydroxyl groups is 1. The number of aliphatic hydroxyl groups excluding tert-OH is 1. The number of rotatable bonds is 5. The number of nitrogen functional groups attached to an aromatic ring is 1. The second kappa shape index (κ2) is 6.48. The number of H-pyrrole nitrogens is 1. The van der Waals surface area contributed by atoms with Gasteiger partial charge in [-0.05, 0) is 6.92 Å². The van der Waals surface area contributed by atoms with Crippen molar-refractivity contribution in [3.05, 3.63) is 16.7 Å². The Labute approximate surface area is 141 Å². The van der Waals surface area contributed by atoms with Crippen LogP contribution in [0.25, 0.3) is 11.2 Å². The fourth-order valence-corrected chi connectivity index (χ4v) is 3.51. The minimum Gasteiger partial charge on any atom is -0.756 e. The summed E-state index contributed by atoms with van der Waals surface area (Å²) in [5, 5.41) is 9.37. The number of aromatic amines is 1. The largest absolute Gasteiger partial charge is 0.756 e. The van der Waals surface area contributed by atoms with Gasteiger partial charge < -0.3 is 29.9 Å². The van der Waals surface area contributed by atoms with Gasteiger partial charge in [0.1, 0.15) is 12.2 Å². The van der Waals surface area contributed by atoms with Gasteiger partial charge in [-0.25, -0.2) is 4.57 Å². The molecule has 138 valence electrons. The first-order valence-electron chi connectivity index (χ1n) is 7.51. The van der Waals surface area contributed by atoms with Gasteiger partial charge in [-0.3, -0.25) is 18.9 Å². The highest BCUT2D eigenvalue weighted by molar-refractivity contribution is 7.44. The van der Waals surface area contributed by atoms with Gasteiger partial charge in [-0.1, -0.05) is 4.98 Å². The van der Waals surface area contributed by atoms with Crippen LogP contribution in [0, 0.1) is 0 Å². The molecule has 1 aliphatic rings. The first kappa shape index (κ1) is 18.0. The van der Waals surface area contributed by atoms with Crippen LogP contribution >= 0.6 is 7.82 Å². The number of phosphoric acid groups is 1. The van der Waals surface area contributed by atoms with Gasteiger partial charge in [-0.2, -0.15) is 0 Å². The molecule has 1 aliphatic heterocycles. The number of nitrogens with two attached hydrogens (primary N) is 1. The number of imidazole rings is 1. The minimum absolute atomic E-state index is 0.0138. The molecule has 0 aromatic carbocycles. The molecular formula is C12H18N5O7P. The van der Waals surface area contributed by atoms with E-state index in [2.05, 4.69) is 14.5 Å². The number of hydrogen-bond donors (Lipinski definition) is 4. The van der Waals surface area contributed by atoms with E-state index in [0.717, 1.165) is 0 Å². The van der Waals surface area contributed by atoms with Crippen molar-refractivity contribution in [3.63, 3.8) is 0 Å². The summed E-state index contributed by atoms with van der Waals surface area (Å²) in [4.78, 5) is 38.6. The predicted molar refractivity (Wildman–Crippen MR) is 80.9 cm³/mol. The summed E-state index contributed by atoms with van der Waals surface area (Å²) < 4.78 is 24.3. The lowest BCUT2D eigenvalue weighted by Crippen LogP contribution is -2.39. The molecule has 4 unspecified atom stereocenters. The second-order valence-electron chi connectivity index (χ2n) is 5.59. The Morgan fingerprint density at radius 2 is 2.40 bits per heavy atom. The number of phosphoric ester groups is 1.